The molecule has 9 heteroatoms. The van der Waals surface area contributed by atoms with Gasteiger partial charge in [-0.05, 0) is 35.2 Å². The maximum Gasteiger partial charge on any atom is 0.410 e. The molecule has 0 saturated carbocycles. The number of nitrogens with one attached hydrogen (secondary N) is 2. The Balaban J connectivity index is 1.55. The molecule has 2 aromatic heterocycles. The number of ether oxygens (including phenoxy) is 2. The van der Waals surface area contributed by atoms with Gasteiger partial charge in [-0.15, -0.1) is 0 Å². The quantitative estimate of drug-likeness (QED) is 0.425. The minimum atomic E-state index is -4.45. The molecule has 0 spiro atoms. The van der Waals surface area contributed by atoms with Gasteiger partial charge >= 0.3 is 6.18 Å². The van der Waals surface area contributed by atoms with Crippen molar-refractivity contribution in [3.63, 3.8) is 0 Å². The van der Waals surface area contributed by atoms with Gasteiger partial charge in [0.1, 0.15) is 5.82 Å². The van der Waals surface area contributed by atoms with E-state index in [1.165, 1.54) is 14.2 Å². The van der Waals surface area contributed by atoms with Crippen LogP contribution >= 0.6 is 0 Å². The number of fused-ring (bicyclic) bond motifs is 2. The van der Waals surface area contributed by atoms with E-state index in [0.29, 0.717) is 28.6 Å². The summed E-state index contributed by atoms with van der Waals surface area (Å²) in [5.41, 5.74) is 2.80. The van der Waals surface area contributed by atoms with Crippen LogP contribution in [0.2, 0.25) is 0 Å². The van der Waals surface area contributed by atoms with Crippen LogP contribution in [0.1, 0.15) is 24.1 Å². The van der Waals surface area contributed by atoms with Crippen molar-refractivity contribution in [2.75, 3.05) is 19.5 Å². The molecule has 4 aromatic rings. The summed E-state index contributed by atoms with van der Waals surface area (Å²) in [7, 11) is 3.01. The van der Waals surface area contributed by atoms with Crippen molar-refractivity contribution in [2.45, 2.75) is 24.7 Å². The monoisotopic (exact) mass is 442 g/mol. The third kappa shape index (κ3) is 3.43. The SMILES string of the molecule is COc1ccc([C@@H]2C[C@H](C(F)(F)F)n3nc(-c4ccc5cc[nH]c5c4)cc3N2)cc1OC. The summed E-state index contributed by atoms with van der Waals surface area (Å²) in [6.45, 7) is 0. The van der Waals surface area contributed by atoms with E-state index in [-0.39, 0.29) is 6.42 Å². The van der Waals surface area contributed by atoms with E-state index in [1.54, 1.807) is 24.3 Å². The largest absolute Gasteiger partial charge is 0.493 e. The maximum atomic E-state index is 14.0. The zero-order valence-electron chi connectivity index (χ0n) is 17.4. The smallest absolute Gasteiger partial charge is 0.410 e. The van der Waals surface area contributed by atoms with Crippen LogP contribution in [-0.2, 0) is 0 Å². The molecular weight excluding hydrogens is 421 g/mol. The molecule has 0 radical (unpaired) electrons. The average Bonchev–Trinajstić information content (AvgIpc) is 3.43. The van der Waals surface area contributed by atoms with Crippen molar-refractivity contribution in [3.05, 3.63) is 60.3 Å². The molecule has 1 aliphatic heterocycles. The molecular formula is C23H21F3N4O2. The van der Waals surface area contributed by atoms with Crippen molar-refractivity contribution in [2.24, 2.45) is 0 Å². The number of aromatic nitrogens is 3. The van der Waals surface area contributed by atoms with E-state index >= 15 is 0 Å². The second-order valence-corrected chi connectivity index (χ2v) is 7.74. The Bertz CT molecular complexity index is 1280. The zero-order valence-corrected chi connectivity index (χ0v) is 17.4. The van der Waals surface area contributed by atoms with Crippen LogP contribution in [0.25, 0.3) is 22.2 Å². The zero-order chi connectivity index (χ0) is 22.5. The van der Waals surface area contributed by atoms with E-state index in [4.69, 9.17) is 9.47 Å². The van der Waals surface area contributed by atoms with Crippen molar-refractivity contribution >= 4 is 16.7 Å². The Hall–Kier alpha value is -3.62. The molecule has 0 aliphatic carbocycles. The number of benzene rings is 2. The minimum absolute atomic E-state index is 0.192. The van der Waals surface area contributed by atoms with Gasteiger partial charge in [-0.1, -0.05) is 18.2 Å². The van der Waals surface area contributed by atoms with Crippen LogP contribution in [0.15, 0.2) is 54.7 Å². The summed E-state index contributed by atoms with van der Waals surface area (Å²) >= 11 is 0. The molecule has 166 valence electrons. The lowest BCUT2D eigenvalue weighted by Crippen LogP contribution is -2.35. The number of hydrogen-bond donors (Lipinski definition) is 2. The molecule has 5 rings (SSSR count). The van der Waals surface area contributed by atoms with E-state index in [0.717, 1.165) is 21.1 Å². The molecule has 6 nitrogen and oxygen atoms in total. The number of hydrogen-bond acceptors (Lipinski definition) is 4. The number of H-pyrrole nitrogens is 1. The van der Waals surface area contributed by atoms with Gasteiger partial charge in [0.2, 0.25) is 0 Å². The molecule has 2 N–H and O–H groups in total. The molecule has 0 fully saturated rings. The number of anilines is 1. The van der Waals surface area contributed by atoms with Crippen molar-refractivity contribution < 1.29 is 22.6 Å². The van der Waals surface area contributed by atoms with Gasteiger partial charge in [-0.25, -0.2) is 4.68 Å². The van der Waals surface area contributed by atoms with E-state index < -0.39 is 18.3 Å². The fraction of sp³-hybridized carbons (Fsp3) is 0.261. The molecule has 2 atom stereocenters. The molecule has 0 amide bonds. The van der Waals surface area contributed by atoms with Gasteiger partial charge in [0.25, 0.3) is 0 Å². The molecule has 1 aliphatic rings. The van der Waals surface area contributed by atoms with E-state index in [2.05, 4.69) is 15.4 Å². The predicted molar refractivity (Wildman–Crippen MR) is 115 cm³/mol. The number of rotatable bonds is 4. The van der Waals surface area contributed by atoms with Gasteiger partial charge in [-0.3, -0.25) is 0 Å². The standard InChI is InChI=1S/C23H21F3N4O2/c1-31-19-6-5-15(10-20(19)32-2)17-11-21(23(24,25)26)30-22(28-17)12-18(29-30)14-4-3-13-7-8-27-16(13)9-14/h3-10,12,17,21,27-28H,11H2,1-2H3/t17-,21+/m0/s1. The lowest BCUT2D eigenvalue weighted by molar-refractivity contribution is -0.173. The first kappa shape index (κ1) is 20.3. The van der Waals surface area contributed by atoms with Crippen LogP contribution in [0, 0.1) is 0 Å². The third-order valence-electron chi connectivity index (χ3n) is 5.85. The van der Waals surface area contributed by atoms with Crippen LogP contribution in [-0.4, -0.2) is 35.2 Å². The Morgan fingerprint density at radius 2 is 1.81 bits per heavy atom. The number of methoxy groups -OCH3 is 2. The van der Waals surface area contributed by atoms with Gasteiger partial charge in [-0.2, -0.15) is 18.3 Å². The van der Waals surface area contributed by atoms with E-state index in [1.807, 2.05) is 30.5 Å². The minimum Gasteiger partial charge on any atom is -0.493 e. The first-order chi connectivity index (χ1) is 15.4. The highest BCUT2D eigenvalue weighted by atomic mass is 19.4. The normalized spacial score (nSPS) is 18.3. The second kappa shape index (κ2) is 7.51. The summed E-state index contributed by atoms with van der Waals surface area (Å²) in [6.07, 6.45) is -2.82. The van der Waals surface area contributed by atoms with Crippen molar-refractivity contribution in [1.29, 1.82) is 0 Å². The van der Waals surface area contributed by atoms with Crippen molar-refractivity contribution in [1.82, 2.24) is 14.8 Å². The first-order valence-corrected chi connectivity index (χ1v) is 10.1. The summed E-state index contributed by atoms with van der Waals surface area (Å²) in [5.74, 6) is 1.31. The van der Waals surface area contributed by atoms with Gasteiger partial charge < -0.3 is 19.8 Å². The van der Waals surface area contributed by atoms with E-state index in [9.17, 15) is 13.2 Å². The number of halogens is 3. The highest BCUT2D eigenvalue weighted by Crippen LogP contribution is 2.45. The van der Waals surface area contributed by atoms with Crippen LogP contribution in [0.5, 0.6) is 11.5 Å². The lowest BCUT2D eigenvalue weighted by atomic mass is 9.96. The topological polar surface area (TPSA) is 64.1 Å². The number of nitrogens with zero attached hydrogens (tertiary/aromatic N) is 2. The summed E-state index contributed by atoms with van der Waals surface area (Å²) in [6, 6.07) is 12.1. The second-order valence-electron chi connectivity index (χ2n) is 7.74. The molecule has 2 aromatic carbocycles. The summed E-state index contributed by atoms with van der Waals surface area (Å²) in [5, 5.41) is 8.57. The lowest BCUT2D eigenvalue weighted by Gasteiger charge is -2.33. The van der Waals surface area contributed by atoms with Gasteiger partial charge in [0, 0.05) is 29.8 Å². The Morgan fingerprint density at radius 1 is 1.00 bits per heavy atom. The molecule has 3 heterocycles. The summed E-state index contributed by atoms with van der Waals surface area (Å²) < 4.78 is 53.7. The Morgan fingerprint density at radius 3 is 2.56 bits per heavy atom. The number of alkyl halides is 3. The fourth-order valence-corrected chi connectivity index (χ4v) is 4.21. The predicted octanol–water partition coefficient (Wildman–Crippen LogP) is 5.71. The fourth-order valence-electron chi connectivity index (χ4n) is 4.21. The molecule has 32 heavy (non-hydrogen) atoms. The summed E-state index contributed by atoms with van der Waals surface area (Å²) in [4.78, 5) is 3.12. The van der Waals surface area contributed by atoms with Crippen LogP contribution in [0.4, 0.5) is 19.0 Å². The Kier molecular flexibility index (Phi) is 4.76. The van der Waals surface area contributed by atoms with Gasteiger partial charge in [0.05, 0.1) is 26.0 Å². The third-order valence-corrected chi connectivity index (χ3v) is 5.85. The highest BCUT2D eigenvalue weighted by molar-refractivity contribution is 5.84. The molecule has 0 saturated heterocycles. The van der Waals surface area contributed by atoms with Crippen LogP contribution < -0.4 is 14.8 Å². The maximum absolute atomic E-state index is 14.0. The first-order valence-electron chi connectivity index (χ1n) is 10.1. The van der Waals surface area contributed by atoms with Crippen molar-refractivity contribution in [3.8, 4) is 22.8 Å². The molecule has 0 unspecified atom stereocenters. The average molecular weight is 442 g/mol. The Labute approximate surface area is 182 Å². The highest BCUT2D eigenvalue weighted by Gasteiger charge is 2.46. The molecule has 0 bridgehead atoms. The van der Waals surface area contributed by atoms with Gasteiger partial charge in [0.15, 0.2) is 17.5 Å². The number of aromatic amines is 1. The van der Waals surface area contributed by atoms with Crippen LogP contribution in [0.3, 0.4) is 0 Å².